The minimum absolute atomic E-state index is 0.0230. The number of carbonyl (C=O) groups excluding carboxylic acids is 4. The summed E-state index contributed by atoms with van der Waals surface area (Å²) < 4.78 is 0. The molecule has 0 radical (unpaired) electrons. The molecule has 6 aliphatic rings. The van der Waals surface area contributed by atoms with Crippen molar-refractivity contribution < 1.29 is 24.3 Å². The number of amides is 4. The predicted octanol–water partition coefficient (Wildman–Crippen LogP) is 2.48. The van der Waals surface area contributed by atoms with Gasteiger partial charge >= 0.3 is 0 Å². The highest BCUT2D eigenvalue weighted by Gasteiger charge is 2.47. The number of rotatable bonds is 7. The standard InChI is InChI=1S/C38H50N6O5/c45-33-11-5-4-9-28(33)24-39-31-15-20-44-35(47)22-29-25-42(17-12-27(29)21-34(46)40-23-26-7-2-1-3-8-26)37(48)32-10-6-16-43(32)30-13-18-41(19-14-30)38(49)36(31)44/h1-5,7-9,11,27,29-32,36,39,45H,6,10,12-25H2,(H,40,46)/t27-,29-,31+,32-,36-/m0/s1. The molecule has 0 saturated carbocycles. The van der Waals surface area contributed by atoms with Crippen LogP contribution >= 0.6 is 0 Å². The van der Waals surface area contributed by atoms with Crippen LogP contribution in [0.5, 0.6) is 5.75 Å². The Balaban J connectivity index is 1.13. The van der Waals surface area contributed by atoms with Crippen molar-refractivity contribution in [2.24, 2.45) is 11.8 Å². The van der Waals surface area contributed by atoms with Crippen LogP contribution in [0.3, 0.4) is 0 Å². The maximum Gasteiger partial charge on any atom is 0.246 e. The third kappa shape index (κ3) is 7.33. The molecular formula is C38H50N6O5. The number of hydrogen-bond acceptors (Lipinski definition) is 7. The second kappa shape index (κ2) is 14.9. The topological polar surface area (TPSA) is 126 Å². The van der Waals surface area contributed by atoms with E-state index in [0.717, 1.165) is 43.4 Å². The lowest BCUT2D eigenvalue weighted by molar-refractivity contribution is -0.146. The lowest BCUT2D eigenvalue weighted by Gasteiger charge is -2.42. The van der Waals surface area contributed by atoms with Crippen LogP contribution in [0.15, 0.2) is 54.6 Å². The fourth-order valence-corrected chi connectivity index (χ4v) is 9.03. The van der Waals surface area contributed by atoms with Gasteiger partial charge in [0.2, 0.25) is 23.6 Å². The van der Waals surface area contributed by atoms with Gasteiger partial charge in [0.1, 0.15) is 11.8 Å². The molecule has 2 aromatic carbocycles. The Morgan fingerprint density at radius 1 is 0.796 bits per heavy atom. The van der Waals surface area contributed by atoms with Crippen molar-refractivity contribution >= 4 is 23.6 Å². The van der Waals surface area contributed by atoms with Gasteiger partial charge in [-0.3, -0.25) is 24.1 Å². The molecule has 6 aliphatic heterocycles. The van der Waals surface area contributed by atoms with E-state index in [2.05, 4.69) is 15.5 Å². The van der Waals surface area contributed by atoms with E-state index in [1.165, 1.54) is 0 Å². The van der Waals surface area contributed by atoms with Gasteiger partial charge in [0.15, 0.2) is 0 Å². The molecule has 6 heterocycles. The maximum atomic E-state index is 14.4. The van der Waals surface area contributed by atoms with E-state index < -0.39 is 6.04 Å². The Hall–Kier alpha value is -3.96. The lowest BCUT2D eigenvalue weighted by atomic mass is 9.80. The molecule has 4 amide bonds. The summed E-state index contributed by atoms with van der Waals surface area (Å²) in [5.74, 6) is -0.0447. The molecule has 3 N–H and O–H groups in total. The number of fused-ring (bicyclic) bond motifs is 3. The summed E-state index contributed by atoms with van der Waals surface area (Å²) in [5.41, 5.74) is 1.78. The van der Waals surface area contributed by atoms with E-state index in [0.29, 0.717) is 65.1 Å². The van der Waals surface area contributed by atoms with Gasteiger partial charge in [-0.1, -0.05) is 48.5 Å². The molecule has 262 valence electrons. The Kier molecular flexibility index (Phi) is 10.2. The minimum Gasteiger partial charge on any atom is -0.508 e. The molecule has 11 heteroatoms. The van der Waals surface area contributed by atoms with Gasteiger partial charge in [0.05, 0.1) is 6.04 Å². The first kappa shape index (κ1) is 33.5. The van der Waals surface area contributed by atoms with Gasteiger partial charge in [-0.25, -0.2) is 0 Å². The highest BCUT2D eigenvalue weighted by atomic mass is 16.3. The number of phenolic OH excluding ortho intramolecular Hbond substituents is 1. The van der Waals surface area contributed by atoms with Crippen LogP contribution in [0.4, 0.5) is 0 Å². The molecular weight excluding hydrogens is 620 g/mol. The molecule has 8 rings (SSSR count). The first-order valence-electron chi connectivity index (χ1n) is 18.3. The third-order valence-corrected chi connectivity index (χ3v) is 11.8. The van der Waals surface area contributed by atoms with E-state index in [1.807, 2.05) is 52.3 Å². The van der Waals surface area contributed by atoms with E-state index >= 15 is 0 Å². The van der Waals surface area contributed by atoms with Crippen LogP contribution in [-0.2, 0) is 32.3 Å². The number of nitrogens with one attached hydrogen (secondary N) is 2. The fraction of sp³-hybridized carbons (Fsp3) is 0.579. The highest BCUT2D eigenvalue weighted by Crippen LogP contribution is 2.35. The first-order valence-corrected chi connectivity index (χ1v) is 18.3. The van der Waals surface area contributed by atoms with Crippen molar-refractivity contribution in [3.63, 3.8) is 0 Å². The van der Waals surface area contributed by atoms with Gasteiger partial charge in [-0.2, -0.15) is 0 Å². The van der Waals surface area contributed by atoms with Gasteiger partial charge < -0.3 is 30.4 Å². The first-order chi connectivity index (χ1) is 23.9. The number of carbonyl (C=O) groups is 4. The normalized spacial score (nSPS) is 29.4. The summed E-state index contributed by atoms with van der Waals surface area (Å²) in [7, 11) is 0. The van der Waals surface area contributed by atoms with Crippen LogP contribution in [0.2, 0.25) is 0 Å². The van der Waals surface area contributed by atoms with Crippen LogP contribution in [0.25, 0.3) is 0 Å². The van der Waals surface area contributed by atoms with Crippen molar-refractivity contribution in [1.82, 2.24) is 30.2 Å². The second-order valence-electron chi connectivity index (χ2n) is 14.7. The molecule has 0 aromatic heterocycles. The molecule has 11 nitrogen and oxygen atoms in total. The maximum absolute atomic E-state index is 14.4. The minimum atomic E-state index is -0.645. The molecule has 49 heavy (non-hydrogen) atoms. The number of para-hydroxylation sites is 1. The molecule has 4 bridgehead atoms. The fourth-order valence-electron chi connectivity index (χ4n) is 9.03. The van der Waals surface area contributed by atoms with Crippen LogP contribution in [0.1, 0.15) is 62.5 Å². The molecule has 2 aromatic rings. The van der Waals surface area contributed by atoms with E-state index in [4.69, 9.17) is 0 Å². The van der Waals surface area contributed by atoms with Crippen molar-refractivity contribution in [3.05, 3.63) is 65.7 Å². The monoisotopic (exact) mass is 670 g/mol. The SMILES string of the molecule is O=C(C[C@@H]1CCN2C[C@@H]1CC(=O)N1CC[C@@H](NCc3ccccc3O)[C@H]1C(=O)N1CCC(CC1)N1CCC[C@H]1C2=O)NCc1ccccc1. The van der Waals surface area contributed by atoms with E-state index in [-0.39, 0.29) is 65.8 Å². The summed E-state index contributed by atoms with van der Waals surface area (Å²) in [6.07, 6.45) is 5.23. The highest BCUT2D eigenvalue weighted by molar-refractivity contribution is 5.89. The number of piperidine rings is 2. The summed E-state index contributed by atoms with van der Waals surface area (Å²) >= 11 is 0. The summed E-state index contributed by atoms with van der Waals surface area (Å²) in [4.78, 5) is 64.1. The Bertz CT molecular complexity index is 1510. The van der Waals surface area contributed by atoms with Crippen molar-refractivity contribution in [3.8, 4) is 5.75 Å². The number of phenols is 1. The molecule has 0 unspecified atom stereocenters. The van der Waals surface area contributed by atoms with Gasteiger partial charge in [0, 0.05) is 76.3 Å². The second-order valence-corrected chi connectivity index (χ2v) is 14.7. The Morgan fingerprint density at radius 2 is 1.55 bits per heavy atom. The summed E-state index contributed by atoms with van der Waals surface area (Å²) in [5, 5.41) is 17.0. The summed E-state index contributed by atoms with van der Waals surface area (Å²) in [6, 6.07) is 16.2. The molecule has 0 spiro atoms. The Morgan fingerprint density at radius 3 is 2.35 bits per heavy atom. The van der Waals surface area contributed by atoms with Gasteiger partial charge in [-0.05, 0) is 68.5 Å². The van der Waals surface area contributed by atoms with Gasteiger partial charge in [-0.15, -0.1) is 0 Å². The van der Waals surface area contributed by atoms with Crippen LogP contribution in [0, 0.1) is 11.8 Å². The largest absolute Gasteiger partial charge is 0.508 e. The van der Waals surface area contributed by atoms with Crippen LogP contribution in [-0.4, -0.2) is 112 Å². The number of nitrogens with zero attached hydrogens (tertiary/aromatic N) is 4. The third-order valence-electron chi connectivity index (χ3n) is 11.8. The lowest BCUT2D eigenvalue weighted by Crippen LogP contribution is -2.57. The summed E-state index contributed by atoms with van der Waals surface area (Å²) in [6.45, 7) is 4.44. The predicted molar refractivity (Wildman–Crippen MR) is 184 cm³/mol. The Labute approximate surface area is 289 Å². The molecule has 6 saturated heterocycles. The molecule has 0 aliphatic carbocycles. The van der Waals surface area contributed by atoms with Gasteiger partial charge in [0.25, 0.3) is 0 Å². The zero-order valence-corrected chi connectivity index (χ0v) is 28.3. The molecule has 5 atom stereocenters. The zero-order chi connectivity index (χ0) is 33.9. The number of aromatic hydroxyl groups is 1. The smallest absolute Gasteiger partial charge is 0.246 e. The number of hydrogen-bond donors (Lipinski definition) is 3. The average molecular weight is 671 g/mol. The zero-order valence-electron chi connectivity index (χ0n) is 28.3. The van der Waals surface area contributed by atoms with E-state index in [9.17, 15) is 24.3 Å². The quantitative estimate of drug-likeness (QED) is 0.414. The number of benzene rings is 2. The van der Waals surface area contributed by atoms with E-state index in [1.54, 1.807) is 17.0 Å². The molecule has 6 fully saturated rings. The van der Waals surface area contributed by atoms with Crippen molar-refractivity contribution in [2.75, 3.05) is 39.3 Å². The van der Waals surface area contributed by atoms with Crippen molar-refractivity contribution in [2.45, 2.75) is 88.6 Å². The average Bonchev–Trinajstić information content (AvgIpc) is 3.79. The van der Waals surface area contributed by atoms with Crippen LogP contribution < -0.4 is 10.6 Å². The van der Waals surface area contributed by atoms with Crippen molar-refractivity contribution in [1.29, 1.82) is 0 Å².